The zero-order chi connectivity index (χ0) is 21.8. The number of para-hydroxylation sites is 2. The lowest BCUT2D eigenvalue weighted by Crippen LogP contribution is -2.29. The summed E-state index contributed by atoms with van der Waals surface area (Å²) < 4.78 is 7.32. The van der Waals surface area contributed by atoms with Crippen molar-refractivity contribution in [2.45, 2.75) is 19.9 Å². The number of nitrogens with one attached hydrogen (secondary N) is 1. The number of rotatable bonds is 7. The molecule has 0 radical (unpaired) electrons. The molecule has 1 fully saturated rings. The maximum absolute atomic E-state index is 12.9. The van der Waals surface area contributed by atoms with Crippen molar-refractivity contribution in [3.05, 3.63) is 71.4 Å². The molecule has 0 aliphatic carbocycles. The van der Waals surface area contributed by atoms with Crippen LogP contribution in [0.25, 0.3) is 0 Å². The van der Waals surface area contributed by atoms with Gasteiger partial charge >= 0.3 is 0 Å². The first-order valence-electron chi connectivity index (χ1n) is 10.1. The Bertz CT molecular complexity index is 1100. The molecule has 1 atom stereocenters. The molecular formula is C23H23ClN4O3. The number of anilines is 2. The van der Waals surface area contributed by atoms with Gasteiger partial charge in [0.25, 0.3) is 0 Å². The second-order valence-electron chi connectivity index (χ2n) is 7.26. The van der Waals surface area contributed by atoms with Crippen LogP contribution in [-0.4, -0.2) is 34.7 Å². The number of carbonyl (C=O) groups excluding carboxylic acids is 2. The number of amides is 2. The first kappa shape index (κ1) is 20.9. The zero-order valence-electron chi connectivity index (χ0n) is 17.1. The molecule has 7 nitrogen and oxygen atoms in total. The molecule has 1 aliphatic rings. The summed E-state index contributed by atoms with van der Waals surface area (Å²) in [6, 6.07) is 16.6. The van der Waals surface area contributed by atoms with E-state index in [-0.39, 0.29) is 18.2 Å². The minimum absolute atomic E-state index is 0.100. The molecule has 2 aromatic carbocycles. The molecule has 1 unspecified atom stereocenters. The third-order valence-electron chi connectivity index (χ3n) is 5.20. The van der Waals surface area contributed by atoms with Crippen LogP contribution in [0.15, 0.2) is 60.8 Å². The molecule has 31 heavy (non-hydrogen) atoms. The standard InChI is InChI=1S/C23H23ClN4O3/c1-2-31-20-10-6-5-9-19(20)27-14-17(13-22(27)29)23(30)26-21-11-12-25-28(21)15-16-7-3-4-8-18(16)24/h3-12,17H,2,13-15H2,1H3,(H,26,30). The Kier molecular flexibility index (Phi) is 6.23. The fourth-order valence-electron chi connectivity index (χ4n) is 3.65. The molecule has 1 aliphatic heterocycles. The summed E-state index contributed by atoms with van der Waals surface area (Å²) in [6.45, 7) is 3.12. The summed E-state index contributed by atoms with van der Waals surface area (Å²) in [7, 11) is 0. The van der Waals surface area contributed by atoms with Crippen molar-refractivity contribution >= 4 is 34.9 Å². The van der Waals surface area contributed by atoms with Crippen LogP contribution in [-0.2, 0) is 16.1 Å². The van der Waals surface area contributed by atoms with Gasteiger partial charge in [-0.05, 0) is 30.7 Å². The average molecular weight is 439 g/mol. The number of halogens is 1. The first-order valence-corrected chi connectivity index (χ1v) is 10.5. The number of benzene rings is 2. The van der Waals surface area contributed by atoms with Crippen molar-refractivity contribution < 1.29 is 14.3 Å². The highest BCUT2D eigenvalue weighted by Crippen LogP contribution is 2.33. The molecule has 160 valence electrons. The van der Waals surface area contributed by atoms with E-state index in [1.807, 2.05) is 55.5 Å². The highest BCUT2D eigenvalue weighted by atomic mass is 35.5. The fraction of sp³-hybridized carbons (Fsp3) is 0.261. The van der Waals surface area contributed by atoms with Gasteiger partial charge in [-0.1, -0.05) is 41.9 Å². The van der Waals surface area contributed by atoms with Gasteiger partial charge in [-0.25, -0.2) is 4.68 Å². The minimum atomic E-state index is -0.467. The van der Waals surface area contributed by atoms with Gasteiger partial charge < -0.3 is 15.0 Å². The highest BCUT2D eigenvalue weighted by molar-refractivity contribution is 6.31. The minimum Gasteiger partial charge on any atom is -0.492 e. The number of hydrogen-bond donors (Lipinski definition) is 1. The molecule has 1 aromatic heterocycles. The highest BCUT2D eigenvalue weighted by Gasteiger charge is 2.36. The van der Waals surface area contributed by atoms with Crippen molar-refractivity contribution in [2.75, 3.05) is 23.4 Å². The van der Waals surface area contributed by atoms with Crippen molar-refractivity contribution in [1.82, 2.24) is 9.78 Å². The molecule has 4 rings (SSSR count). The van der Waals surface area contributed by atoms with Crippen molar-refractivity contribution in [3.8, 4) is 5.75 Å². The number of carbonyl (C=O) groups is 2. The van der Waals surface area contributed by atoms with Crippen LogP contribution in [0.3, 0.4) is 0 Å². The van der Waals surface area contributed by atoms with Crippen LogP contribution in [0, 0.1) is 5.92 Å². The molecule has 2 heterocycles. The van der Waals surface area contributed by atoms with E-state index in [0.29, 0.717) is 42.0 Å². The molecule has 0 saturated carbocycles. The average Bonchev–Trinajstić information content (AvgIpc) is 3.37. The summed E-state index contributed by atoms with van der Waals surface area (Å²) in [4.78, 5) is 27.2. The SMILES string of the molecule is CCOc1ccccc1N1CC(C(=O)Nc2ccnn2Cc2ccccc2Cl)CC1=O. The third-order valence-corrected chi connectivity index (χ3v) is 5.57. The summed E-state index contributed by atoms with van der Waals surface area (Å²) in [5.74, 6) is 0.413. The molecule has 2 amide bonds. The van der Waals surface area contributed by atoms with Gasteiger partial charge in [-0.3, -0.25) is 9.59 Å². The normalized spacial score (nSPS) is 15.9. The number of ether oxygens (including phenoxy) is 1. The quantitative estimate of drug-likeness (QED) is 0.605. The summed E-state index contributed by atoms with van der Waals surface area (Å²) >= 11 is 6.25. The maximum Gasteiger partial charge on any atom is 0.230 e. The van der Waals surface area contributed by atoms with Gasteiger partial charge in [0, 0.05) is 24.1 Å². The molecule has 0 spiro atoms. The summed E-state index contributed by atoms with van der Waals surface area (Å²) in [5.41, 5.74) is 1.59. The van der Waals surface area contributed by atoms with Gasteiger partial charge in [0.1, 0.15) is 11.6 Å². The van der Waals surface area contributed by atoms with Gasteiger partial charge in [0.2, 0.25) is 11.8 Å². The third kappa shape index (κ3) is 4.56. The second kappa shape index (κ2) is 9.22. The van der Waals surface area contributed by atoms with Crippen LogP contribution in [0.1, 0.15) is 18.9 Å². The fourth-order valence-corrected chi connectivity index (χ4v) is 3.85. The summed E-state index contributed by atoms with van der Waals surface area (Å²) in [6.07, 6.45) is 1.77. The largest absolute Gasteiger partial charge is 0.492 e. The first-order chi connectivity index (χ1) is 15.1. The Balaban J connectivity index is 1.46. The van der Waals surface area contributed by atoms with E-state index in [1.54, 1.807) is 21.8 Å². The maximum atomic E-state index is 12.9. The van der Waals surface area contributed by atoms with Crippen molar-refractivity contribution in [3.63, 3.8) is 0 Å². The Hall–Kier alpha value is -3.32. The molecule has 1 N–H and O–H groups in total. The summed E-state index contributed by atoms with van der Waals surface area (Å²) in [5, 5.41) is 7.84. The second-order valence-corrected chi connectivity index (χ2v) is 7.67. The van der Waals surface area contributed by atoms with Gasteiger partial charge in [-0.15, -0.1) is 0 Å². The van der Waals surface area contributed by atoms with E-state index >= 15 is 0 Å². The van der Waals surface area contributed by atoms with E-state index in [0.717, 1.165) is 5.56 Å². The van der Waals surface area contributed by atoms with Gasteiger partial charge in [0.15, 0.2) is 0 Å². The number of aromatic nitrogens is 2. The lowest BCUT2D eigenvalue weighted by atomic mass is 10.1. The lowest BCUT2D eigenvalue weighted by molar-refractivity contribution is -0.122. The predicted molar refractivity (Wildman–Crippen MR) is 119 cm³/mol. The van der Waals surface area contributed by atoms with Crippen LogP contribution in [0.4, 0.5) is 11.5 Å². The number of nitrogens with zero attached hydrogens (tertiary/aromatic N) is 3. The molecule has 1 saturated heterocycles. The van der Waals surface area contributed by atoms with E-state index < -0.39 is 5.92 Å². The van der Waals surface area contributed by atoms with Crippen molar-refractivity contribution in [1.29, 1.82) is 0 Å². The Morgan fingerprint density at radius 3 is 2.77 bits per heavy atom. The molecular weight excluding hydrogens is 416 g/mol. The Morgan fingerprint density at radius 1 is 1.19 bits per heavy atom. The molecule has 0 bridgehead atoms. The van der Waals surface area contributed by atoms with E-state index in [4.69, 9.17) is 16.3 Å². The smallest absolute Gasteiger partial charge is 0.230 e. The number of hydrogen-bond acceptors (Lipinski definition) is 4. The zero-order valence-corrected chi connectivity index (χ0v) is 17.9. The molecule has 3 aromatic rings. The van der Waals surface area contributed by atoms with Crippen molar-refractivity contribution in [2.24, 2.45) is 5.92 Å². The lowest BCUT2D eigenvalue weighted by Gasteiger charge is -2.20. The topological polar surface area (TPSA) is 76.5 Å². The Morgan fingerprint density at radius 2 is 1.97 bits per heavy atom. The van der Waals surface area contributed by atoms with Crippen LogP contribution in [0.5, 0.6) is 5.75 Å². The van der Waals surface area contributed by atoms with E-state index in [2.05, 4.69) is 10.4 Å². The Labute approximate surface area is 185 Å². The molecule has 8 heteroatoms. The van der Waals surface area contributed by atoms with Gasteiger partial charge in [-0.2, -0.15) is 5.10 Å². The van der Waals surface area contributed by atoms with Crippen LogP contribution < -0.4 is 15.0 Å². The van der Waals surface area contributed by atoms with Gasteiger partial charge in [0.05, 0.1) is 31.0 Å². The van der Waals surface area contributed by atoms with E-state index in [1.165, 1.54) is 0 Å². The predicted octanol–water partition coefficient (Wildman–Crippen LogP) is 3.98. The monoisotopic (exact) mass is 438 g/mol. The van der Waals surface area contributed by atoms with Crippen LogP contribution in [0.2, 0.25) is 5.02 Å². The van der Waals surface area contributed by atoms with Crippen LogP contribution >= 0.6 is 11.6 Å². The van der Waals surface area contributed by atoms with E-state index in [9.17, 15) is 9.59 Å².